The Morgan fingerprint density at radius 2 is 2.28 bits per heavy atom. The highest BCUT2D eigenvalue weighted by Gasteiger charge is 2.08. The third-order valence-corrected chi connectivity index (χ3v) is 3.78. The zero-order valence-electron chi connectivity index (χ0n) is 14.1. The maximum Gasteiger partial charge on any atom is 0.311 e. The molecule has 0 radical (unpaired) electrons. The standard InChI is InChI=1S/C17H20FN3O3S/c1-3-7-24-15-8-13(18)6-5-12(15)10-19-21-17-20-14(11-25-17)9-16(22)23-4-2/h5-6,8,10-11H,3-4,7,9H2,1-2H3,(H,20,21). The molecule has 0 bridgehead atoms. The molecule has 0 amide bonds. The van der Waals surface area contributed by atoms with Gasteiger partial charge in [-0.2, -0.15) is 5.10 Å². The second-order valence-corrected chi connectivity index (χ2v) is 5.88. The van der Waals surface area contributed by atoms with Crippen LogP contribution >= 0.6 is 11.3 Å². The van der Waals surface area contributed by atoms with E-state index in [1.165, 1.54) is 29.7 Å². The first-order chi connectivity index (χ1) is 12.1. The fraction of sp³-hybridized carbons (Fsp3) is 0.353. The van der Waals surface area contributed by atoms with E-state index < -0.39 is 0 Å². The zero-order chi connectivity index (χ0) is 18.1. The first kappa shape index (κ1) is 18.9. The predicted octanol–water partition coefficient (Wildman–Crippen LogP) is 3.62. The van der Waals surface area contributed by atoms with Crippen molar-refractivity contribution in [2.75, 3.05) is 18.6 Å². The highest BCUT2D eigenvalue weighted by atomic mass is 32.1. The summed E-state index contributed by atoms with van der Waals surface area (Å²) in [4.78, 5) is 15.7. The number of hydrogen-bond donors (Lipinski definition) is 1. The number of nitrogens with zero attached hydrogens (tertiary/aromatic N) is 2. The van der Waals surface area contributed by atoms with Gasteiger partial charge in [0.25, 0.3) is 0 Å². The number of ether oxygens (including phenoxy) is 2. The van der Waals surface area contributed by atoms with Crippen LogP contribution in [0.5, 0.6) is 5.75 Å². The quantitative estimate of drug-likeness (QED) is 0.417. The SMILES string of the molecule is CCCOc1cc(F)ccc1C=NNc1nc(CC(=O)OCC)cs1. The van der Waals surface area contributed by atoms with Crippen molar-refractivity contribution in [1.29, 1.82) is 0 Å². The van der Waals surface area contributed by atoms with E-state index in [0.717, 1.165) is 6.42 Å². The zero-order valence-corrected chi connectivity index (χ0v) is 14.9. The normalized spacial score (nSPS) is 10.8. The summed E-state index contributed by atoms with van der Waals surface area (Å²) in [5, 5.41) is 6.41. The molecule has 1 N–H and O–H groups in total. The third-order valence-electron chi connectivity index (χ3n) is 2.98. The lowest BCUT2D eigenvalue weighted by Gasteiger charge is -2.07. The second kappa shape index (κ2) is 9.73. The van der Waals surface area contributed by atoms with E-state index in [-0.39, 0.29) is 18.2 Å². The largest absolute Gasteiger partial charge is 0.493 e. The van der Waals surface area contributed by atoms with Gasteiger partial charge in [-0.1, -0.05) is 6.92 Å². The summed E-state index contributed by atoms with van der Waals surface area (Å²) >= 11 is 1.33. The van der Waals surface area contributed by atoms with Gasteiger partial charge in [0.15, 0.2) is 0 Å². The second-order valence-electron chi connectivity index (χ2n) is 5.03. The number of thiazole rings is 1. The Morgan fingerprint density at radius 1 is 1.44 bits per heavy atom. The summed E-state index contributed by atoms with van der Waals surface area (Å²) in [5.41, 5.74) is 4.07. The minimum atomic E-state index is -0.361. The van der Waals surface area contributed by atoms with Crippen molar-refractivity contribution in [3.05, 3.63) is 40.7 Å². The molecule has 0 aliphatic carbocycles. The topological polar surface area (TPSA) is 72.8 Å². The average molecular weight is 365 g/mol. The number of carbonyl (C=O) groups is 1. The van der Waals surface area contributed by atoms with Crippen LogP contribution in [-0.4, -0.2) is 30.4 Å². The van der Waals surface area contributed by atoms with Gasteiger partial charge < -0.3 is 9.47 Å². The van der Waals surface area contributed by atoms with Gasteiger partial charge in [0.2, 0.25) is 5.13 Å². The molecule has 8 heteroatoms. The number of hydrazone groups is 1. The molecule has 2 rings (SSSR count). The van der Waals surface area contributed by atoms with Crippen LogP contribution in [0.1, 0.15) is 31.5 Å². The Morgan fingerprint density at radius 3 is 3.04 bits per heavy atom. The number of aromatic nitrogens is 1. The molecule has 1 heterocycles. The molecule has 0 spiro atoms. The van der Waals surface area contributed by atoms with Crippen molar-refractivity contribution in [2.45, 2.75) is 26.7 Å². The smallest absolute Gasteiger partial charge is 0.311 e. The van der Waals surface area contributed by atoms with E-state index in [9.17, 15) is 9.18 Å². The maximum absolute atomic E-state index is 13.3. The number of hydrogen-bond acceptors (Lipinski definition) is 7. The highest BCUT2D eigenvalue weighted by Crippen LogP contribution is 2.19. The predicted molar refractivity (Wildman–Crippen MR) is 95.9 cm³/mol. The van der Waals surface area contributed by atoms with Gasteiger partial charge in [0, 0.05) is 17.0 Å². The summed E-state index contributed by atoms with van der Waals surface area (Å²) < 4.78 is 23.7. The Labute approximate surface area is 149 Å². The summed E-state index contributed by atoms with van der Waals surface area (Å²) in [7, 11) is 0. The molecule has 0 saturated carbocycles. The van der Waals surface area contributed by atoms with Crippen LogP contribution in [0.25, 0.3) is 0 Å². The van der Waals surface area contributed by atoms with Crippen LogP contribution in [0.4, 0.5) is 9.52 Å². The van der Waals surface area contributed by atoms with E-state index in [1.54, 1.807) is 18.4 Å². The minimum absolute atomic E-state index is 0.128. The lowest BCUT2D eigenvalue weighted by atomic mass is 10.2. The van der Waals surface area contributed by atoms with Crippen molar-refractivity contribution in [3.8, 4) is 5.75 Å². The summed E-state index contributed by atoms with van der Waals surface area (Å²) in [6, 6.07) is 4.28. The van der Waals surface area contributed by atoms with Crippen LogP contribution in [0.3, 0.4) is 0 Å². The van der Waals surface area contributed by atoms with Gasteiger partial charge in [0.05, 0.1) is 31.5 Å². The maximum atomic E-state index is 13.3. The van der Waals surface area contributed by atoms with Crippen LogP contribution in [-0.2, 0) is 16.0 Å². The number of rotatable bonds is 9. The average Bonchev–Trinajstić information content (AvgIpc) is 3.02. The van der Waals surface area contributed by atoms with Gasteiger partial charge in [-0.3, -0.25) is 10.2 Å². The van der Waals surface area contributed by atoms with E-state index in [4.69, 9.17) is 9.47 Å². The van der Waals surface area contributed by atoms with Gasteiger partial charge in [-0.25, -0.2) is 9.37 Å². The van der Waals surface area contributed by atoms with Gasteiger partial charge in [0.1, 0.15) is 11.6 Å². The molecule has 0 aliphatic heterocycles. The Kier molecular flexibility index (Phi) is 7.34. The molecule has 2 aromatic rings. The first-order valence-corrected chi connectivity index (χ1v) is 8.81. The number of halogens is 1. The molecule has 0 atom stereocenters. The molecule has 0 unspecified atom stereocenters. The highest BCUT2D eigenvalue weighted by molar-refractivity contribution is 7.13. The summed E-state index contributed by atoms with van der Waals surface area (Å²) in [6.07, 6.45) is 2.49. The number of nitrogens with one attached hydrogen (secondary N) is 1. The van der Waals surface area contributed by atoms with Gasteiger partial charge >= 0.3 is 5.97 Å². The Balaban J connectivity index is 1.97. The monoisotopic (exact) mass is 365 g/mol. The van der Waals surface area contributed by atoms with Crippen molar-refractivity contribution < 1.29 is 18.7 Å². The van der Waals surface area contributed by atoms with Gasteiger partial charge in [-0.05, 0) is 25.5 Å². The number of esters is 1. The van der Waals surface area contributed by atoms with E-state index in [0.29, 0.717) is 35.4 Å². The van der Waals surface area contributed by atoms with E-state index in [1.807, 2.05) is 6.92 Å². The van der Waals surface area contributed by atoms with E-state index in [2.05, 4.69) is 15.5 Å². The van der Waals surface area contributed by atoms with Crippen molar-refractivity contribution in [3.63, 3.8) is 0 Å². The number of benzene rings is 1. The van der Waals surface area contributed by atoms with Crippen molar-refractivity contribution in [2.24, 2.45) is 5.10 Å². The minimum Gasteiger partial charge on any atom is -0.493 e. The van der Waals surface area contributed by atoms with Crippen LogP contribution < -0.4 is 10.2 Å². The number of anilines is 1. The lowest BCUT2D eigenvalue weighted by Crippen LogP contribution is -2.07. The molecule has 134 valence electrons. The Hall–Kier alpha value is -2.48. The number of carbonyl (C=O) groups excluding carboxylic acids is 1. The summed E-state index contributed by atoms with van der Waals surface area (Å²) in [6.45, 7) is 4.58. The molecule has 0 fully saturated rings. The van der Waals surface area contributed by atoms with Gasteiger partial charge in [-0.15, -0.1) is 11.3 Å². The van der Waals surface area contributed by atoms with E-state index >= 15 is 0 Å². The first-order valence-electron chi connectivity index (χ1n) is 7.93. The third kappa shape index (κ3) is 6.15. The molecular formula is C17H20FN3O3S. The fourth-order valence-corrected chi connectivity index (χ4v) is 2.57. The Bertz CT molecular complexity index is 734. The van der Waals surface area contributed by atoms with Crippen LogP contribution in [0, 0.1) is 5.82 Å². The molecular weight excluding hydrogens is 345 g/mol. The summed E-state index contributed by atoms with van der Waals surface area (Å²) in [5.74, 6) is -0.235. The molecule has 1 aromatic carbocycles. The molecule has 1 aromatic heterocycles. The molecule has 0 aliphatic rings. The molecule has 0 saturated heterocycles. The van der Waals surface area contributed by atoms with Crippen LogP contribution in [0.2, 0.25) is 0 Å². The lowest BCUT2D eigenvalue weighted by molar-refractivity contribution is -0.142. The molecule has 25 heavy (non-hydrogen) atoms. The van der Waals surface area contributed by atoms with Crippen molar-refractivity contribution >= 4 is 28.7 Å². The van der Waals surface area contributed by atoms with Crippen LogP contribution in [0.15, 0.2) is 28.7 Å². The fourth-order valence-electron chi connectivity index (χ4n) is 1.91. The van der Waals surface area contributed by atoms with Crippen molar-refractivity contribution in [1.82, 2.24) is 4.98 Å². The molecule has 6 nitrogen and oxygen atoms in total.